The van der Waals surface area contributed by atoms with E-state index in [1.54, 1.807) is 0 Å². The number of carbonyl (C=O) groups excluding carboxylic acids is 3. The van der Waals surface area contributed by atoms with E-state index in [-0.39, 0.29) is 34.0 Å². The van der Waals surface area contributed by atoms with Crippen LogP contribution in [0.15, 0.2) is 46.3 Å². The molecule has 1 aromatic rings. The van der Waals surface area contributed by atoms with Crippen molar-refractivity contribution in [3.05, 3.63) is 57.4 Å². The Hall–Kier alpha value is -3.46. The number of esters is 1. The van der Waals surface area contributed by atoms with Gasteiger partial charge in [0.05, 0.1) is 47.3 Å². The molecule has 3 rings (SSSR count). The minimum absolute atomic E-state index is 0.0243. The van der Waals surface area contributed by atoms with E-state index in [2.05, 4.69) is 10.1 Å². The molecule has 2 aliphatic heterocycles. The van der Waals surface area contributed by atoms with Crippen LogP contribution in [0.5, 0.6) is 0 Å². The van der Waals surface area contributed by atoms with Gasteiger partial charge in [0.1, 0.15) is 11.1 Å². The normalized spacial score (nSPS) is 20.8. The predicted octanol–water partition coefficient (Wildman–Crippen LogP) is 1.96. The molecular weight excluding hydrogens is 449 g/mol. The Morgan fingerprint density at radius 2 is 1.94 bits per heavy atom. The minimum Gasteiger partial charge on any atom is -0.469 e. The summed E-state index contributed by atoms with van der Waals surface area (Å²) in [7, 11) is 2.50. The molecule has 2 heterocycles. The van der Waals surface area contributed by atoms with Crippen molar-refractivity contribution < 1.29 is 32.3 Å². The Kier molecular flexibility index (Phi) is 6.23. The second kappa shape index (κ2) is 8.58. The van der Waals surface area contributed by atoms with E-state index < -0.39 is 40.7 Å². The van der Waals surface area contributed by atoms with Crippen molar-refractivity contribution in [1.82, 2.24) is 10.2 Å². The third-order valence-corrected chi connectivity index (χ3v) is 6.30. The number of nitrogens with two attached hydrogens (primary N) is 1. The Balaban J connectivity index is 2.18. The average Bonchev–Trinajstić information content (AvgIpc) is 3.08. The predicted molar refractivity (Wildman–Crippen MR) is 107 cm³/mol. The number of nitrogens with zero attached hydrogens (tertiary/aromatic N) is 2. The van der Waals surface area contributed by atoms with Crippen LogP contribution in [0.2, 0.25) is 0 Å². The fourth-order valence-electron chi connectivity index (χ4n) is 3.48. The zero-order valence-electron chi connectivity index (χ0n) is 16.8. The fraction of sp³-hybridized carbons (Fsp3) is 0.300. The molecule has 12 heteroatoms. The van der Waals surface area contributed by atoms with Gasteiger partial charge < -0.3 is 15.8 Å². The lowest BCUT2D eigenvalue weighted by molar-refractivity contribution is -0.142. The molecule has 1 aromatic carbocycles. The van der Waals surface area contributed by atoms with Gasteiger partial charge in [0.2, 0.25) is 5.91 Å². The van der Waals surface area contributed by atoms with Crippen LogP contribution in [0.25, 0.3) is 0 Å². The quantitative estimate of drug-likeness (QED) is 0.650. The molecule has 8 nitrogen and oxygen atoms in total. The number of rotatable bonds is 4. The number of nitriles is 1. The standard InChI is InChI=1S/C20H17F3N4O4S/c1-26-17(29)15-14(9-3-5-10(6-4-9)20(21,22)23)11(8-24)16(25)27-18(30)12(32-19(15)27)7-13(28)31-2/h3-6,12,14H,7,25H2,1-2H3,(H,26,29)/t12-,14-/m0/s1. The van der Waals surface area contributed by atoms with Crippen molar-refractivity contribution in [2.75, 3.05) is 14.2 Å². The lowest BCUT2D eigenvalue weighted by Gasteiger charge is -2.32. The Morgan fingerprint density at radius 3 is 2.44 bits per heavy atom. The van der Waals surface area contributed by atoms with Gasteiger partial charge in [0, 0.05) is 7.05 Å². The van der Waals surface area contributed by atoms with Crippen molar-refractivity contribution in [2.24, 2.45) is 5.73 Å². The number of methoxy groups -OCH3 is 1. The second-order valence-corrected chi connectivity index (χ2v) is 8.01. The van der Waals surface area contributed by atoms with Crippen LogP contribution in [0.1, 0.15) is 23.5 Å². The summed E-state index contributed by atoms with van der Waals surface area (Å²) in [4.78, 5) is 38.4. The van der Waals surface area contributed by atoms with Crippen LogP contribution >= 0.6 is 11.8 Å². The number of carbonyl (C=O) groups is 3. The van der Waals surface area contributed by atoms with Crippen molar-refractivity contribution >= 4 is 29.5 Å². The highest BCUT2D eigenvalue weighted by molar-refractivity contribution is 8.04. The first kappa shape index (κ1) is 23.2. The molecule has 168 valence electrons. The maximum absolute atomic E-state index is 13.0. The van der Waals surface area contributed by atoms with Gasteiger partial charge in [-0.3, -0.25) is 19.3 Å². The molecule has 1 fully saturated rings. The summed E-state index contributed by atoms with van der Waals surface area (Å²) < 4.78 is 43.5. The van der Waals surface area contributed by atoms with Gasteiger partial charge in [-0.05, 0) is 17.7 Å². The molecule has 32 heavy (non-hydrogen) atoms. The molecule has 0 unspecified atom stereocenters. The number of hydrogen-bond donors (Lipinski definition) is 2. The van der Waals surface area contributed by atoms with Crippen LogP contribution in [-0.4, -0.2) is 42.1 Å². The largest absolute Gasteiger partial charge is 0.469 e. The molecule has 0 bridgehead atoms. The number of halogens is 3. The molecule has 0 aromatic heterocycles. The average molecular weight is 466 g/mol. The van der Waals surface area contributed by atoms with E-state index in [4.69, 9.17) is 5.73 Å². The number of likely N-dealkylation sites (N-methyl/N-ethyl adjacent to an activating group) is 1. The van der Waals surface area contributed by atoms with Crippen LogP contribution in [0.3, 0.4) is 0 Å². The Morgan fingerprint density at radius 1 is 1.31 bits per heavy atom. The molecule has 2 aliphatic rings. The molecular formula is C20H17F3N4O4S. The summed E-state index contributed by atoms with van der Waals surface area (Å²) in [5, 5.41) is 11.4. The topological polar surface area (TPSA) is 126 Å². The monoisotopic (exact) mass is 466 g/mol. The summed E-state index contributed by atoms with van der Waals surface area (Å²) >= 11 is 0.911. The molecule has 0 radical (unpaired) electrons. The number of benzene rings is 1. The van der Waals surface area contributed by atoms with Gasteiger partial charge >= 0.3 is 12.1 Å². The van der Waals surface area contributed by atoms with E-state index in [1.807, 2.05) is 6.07 Å². The highest BCUT2D eigenvalue weighted by Gasteiger charge is 2.48. The van der Waals surface area contributed by atoms with Crippen molar-refractivity contribution in [1.29, 1.82) is 5.26 Å². The van der Waals surface area contributed by atoms with E-state index in [0.29, 0.717) is 0 Å². The van der Waals surface area contributed by atoms with Crippen molar-refractivity contribution in [3.8, 4) is 6.07 Å². The molecule has 2 amide bonds. The van der Waals surface area contributed by atoms with E-state index in [9.17, 15) is 32.8 Å². The lowest BCUT2D eigenvalue weighted by Crippen LogP contribution is -2.39. The molecule has 0 spiro atoms. The van der Waals surface area contributed by atoms with E-state index in [0.717, 1.165) is 48.0 Å². The Bertz CT molecular complexity index is 1090. The SMILES string of the molecule is CNC(=O)C1=C2S[C@@H](CC(=O)OC)C(=O)N2C(N)=C(C#N)[C@@H]1c1ccc(C(F)(F)F)cc1. The van der Waals surface area contributed by atoms with Crippen molar-refractivity contribution in [3.63, 3.8) is 0 Å². The number of fused-ring (bicyclic) bond motifs is 1. The van der Waals surface area contributed by atoms with Crippen LogP contribution in [0, 0.1) is 11.3 Å². The number of allylic oxidation sites excluding steroid dienone is 1. The Labute approximate surface area is 184 Å². The highest BCUT2D eigenvalue weighted by atomic mass is 32.2. The van der Waals surface area contributed by atoms with Crippen LogP contribution < -0.4 is 11.1 Å². The third kappa shape index (κ3) is 3.91. The molecule has 1 saturated heterocycles. The first-order chi connectivity index (χ1) is 15.0. The zero-order chi connectivity index (χ0) is 23.8. The van der Waals surface area contributed by atoms with Gasteiger partial charge in [0.15, 0.2) is 0 Å². The number of hydrogen-bond acceptors (Lipinski definition) is 7. The third-order valence-electron chi connectivity index (χ3n) is 5.02. The van der Waals surface area contributed by atoms with E-state index in [1.165, 1.54) is 7.05 Å². The first-order valence-corrected chi connectivity index (χ1v) is 10.0. The zero-order valence-corrected chi connectivity index (χ0v) is 17.6. The number of nitrogens with one attached hydrogen (secondary N) is 1. The minimum atomic E-state index is -4.56. The van der Waals surface area contributed by atoms with Crippen molar-refractivity contribution in [2.45, 2.75) is 23.8 Å². The summed E-state index contributed by atoms with van der Waals surface area (Å²) in [6.45, 7) is 0. The molecule has 3 N–H and O–H groups in total. The summed E-state index contributed by atoms with van der Waals surface area (Å²) in [6, 6.07) is 5.87. The summed E-state index contributed by atoms with van der Waals surface area (Å²) in [6.07, 6.45) is -4.85. The maximum atomic E-state index is 13.0. The van der Waals surface area contributed by atoms with Crippen LogP contribution in [-0.2, 0) is 25.3 Å². The molecule has 0 saturated carbocycles. The van der Waals surface area contributed by atoms with Gasteiger partial charge in [-0.1, -0.05) is 23.9 Å². The number of alkyl halides is 3. The first-order valence-electron chi connectivity index (χ1n) is 9.15. The number of amides is 2. The van der Waals surface area contributed by atoms with E-state index >= 15 is 0 Å². The van der Waals surface area contributed by atoms with Crippen LogP contribution in [0.4, 0.5) is 13.2 Å². The molecule has 2 atom stereocenters. The van der Waals surface area contributed by atoms with Gasteiger partial charge in [-0.15, -0.1) is 0 Å². The smallest absolute Gasteiger partial charge is 0.416 e. The van der Waals surface area contributed by atoms with Gasteiger partial charge in [0.25, 0.3) is 5.91 Å². The second-order valence-electron chi connectivity index (χ2n) is 6.82. The fourth-order valence-corrected chi connectivity index (χ4v) is 4.80. The molecule has 0 aliphatic carbocycles. The highest BCUT2D eigenvalue weighted by Crippen LogP contribution is 2.50. The summed E-state index contributed by atoms with van der Waals surface area (Å²) in [5.41, 5.74) is 5.24. The maximum Gasteiger partial charge on any atom is 0.416 e. The van der Waals surface area contributed by atoms with Gasteiger partial charge in [-0.25, -0.2) is 0 Å². The summed E-state index contributed by atoms with van der Waals surface area (Å²) in [5.74, 6) is -3.25. The van der Waals surface area contributed by atoms with Gasteiger partial charge in [-0.2, -0.15) is 18.4 Å². The number of thioether (sulfide) groups is 1. The number of ether oxygens (including phenoxy) is 1. The lowest BCUT2D eigenvalue weighted by atomic mass is 9.82.